The monoisotopic (exact) mass is 141 g/mol. The minimum absolute atomic E-state index is 0.0544. The van der Waals surface area contributed by atoms with Crippen molar-refractivity contribution in [1.82, 2.24) is 0 Å². The van der Waals surface area contributed by atoms with Gasteiger partial charge in [0.2, 0.25) is 5.91 Å². The minimum Gasteiger partial charge on any atom is -0.370 e. The van der Waals surface area contributed by atoms with E-state index < -0.39 is 5.91 Å². The summed E-state index contributed by atoms with van der Waals surface area (Å²) in [5.74, 6) is -0.487. The molecule has 1 amide bonds. The summed E-state index contributed by atoms with van der Waals surface area (Å²) >= 11 is 0. The predicted octanol–water partition coefficient (Wildman–Crippen LogP) is 0.397. The lowest BCUT2D eigenvalue weighted by molar-refractivity contribution is -0.121. The van der Waals surface area contributed by atoms with E-state index in [2.05, 4.69) is 0 Å². The van der Waals surface area contributed by atoms with Gasteiger partial charge in [0.15, 0.2) is 5.78 Å². The number of carbonyl (C=O) groups excluding carboxylic acids is 2. The fraction of sp³-hybridized carbons (Fsp3) is 0.429. The summed E-state index contributed by atoms with van der Waals surface area (Å²) in [6.07, 6.45) is 3.44. The molecule has 0 fully saturated rings. The van der Waals surface area contributed by atoms with Crippen molar-refractivity contribution in [2.45, 2.75) is 19.8 Å². The number of primary amides is 1. The number of allylic oxidation sites excluding steroid dienone is 2. The molecule has 56 valence electrons. The molecule has 2 N–H and O–H groups in total. The van der Waals surface area contributed by atoms with Crippen LogP contribution in [0.1, 0.15) is 19.8 Å². The van der Waals surface area contributed by atoms with Crippen molar-refractivity contribution >= 4 is 11.7 Å². The zero-order valence-corrected chi connectivity index (χ0v) is 5.96. The summed E-state index contributed by atoms with van der Waals surface area (Å²) in [6, 6.07) is 0. The average molecular weight is 141 g/mol. The highest BCUT2D eigenvalue weighted by Crippen LogP contribution is 1.90. The van der Waals surface area contributed by atoms with Crippen LogP contribution in [0, 0.1) is 0 Å². The molecule has 0 aromatic heterocycles. The highest BCUT2D eigenvalue weighted by molar-refractivity contribution is 5.92. The summed E-state index contributed by atoms with van der Waals surface area (Å²) < 4.78 is 0. The molecule has 0 aromatic carbocycles. The van der Waals surface area contributed by atoms with Crippen LogP contribution in [0.5, 0.6) is 0 Å². The second-order valence-corrected chi connectivity index (χ2v) is 1.93. The van der Waals surface area contributed by atoms with Crippen LogP contribution < -0.4 is 5.73 Å². The maximum Gasteiger partial charge on any atom is 0.217 e. The van der Waals surface area contributed by atoms with Crippen molar-refractivity contribution in [3.63, 3.8) is 0 Å². The van der Waals surface area contributed by atoms with Crippen molar-refractivity contribution in [2.24, 2.45) is 5.73 Å². The van der Waals surface area contributed by atoms with Crippen molar-refractivity contribution in [3.8, 4) is 0 Å². The van der Waals surface area contributed by atoms with E-state index in [-0.39, 0.29) is 18.6 Å². The Balaban J connectivity index is 3.50. The van der Waals surface area contributed by atoms with Gasteiger partial charge in [0.1, 0.15) is 0 Å². The lowest BCUT2D eigenvalue weighted by atomic mass is 10.2. The third kappa shape index (κ3) is 5.03. The zero-order chi connectivity index (χ0) is 7.98. The van der Waals surface area contributed by atoms with E-state index in [1.54, 1.807) is 13.0 Å². The van der Waals surface area contributed by atoms with Gasteiger partial charge < -0.3 is 5.73 Å². The molecule has 0 rings (SSSR count). The quantitative estimate of drug-likeness (QED) is 0.576. The van der Waals surface area contributed by atoms with Crippen LogP contribution in [0.25, 0.3) is 0 Å². The molecule has 0 aliphatic rings. The van der Waals surface area contributed by atoms with E-state index in [4.69, 9.17) is 5.73 Å². The van der Waals surface area contributed by atoms with Crippen molar-refractivity contribution in [3.05, 3.63) is 12.2 Å². The van der Waals surface area contributed by atoms with Gasteiger partial charge in [-0.2, -0.15) is 0 Å². The molecule has 0 aromatic rings. The molecule has 0 saturated heterocycles. The topological polar surface area (TPSA) is 60.2 Å². The largest absolute Gasteiger partial charge is 0.370 e. The summed E-state index contributed by atoms with van der Waals surface area (Å²) in [7, 11) is 0. The molecule has 3 heteroatoms. The number of carbonyl (C=O) groups is 2. The van der Waals surface area contributed by atoms with Gasteiger partial charge in [-0.1, -0.05) is 6.08 Å². The average Bonchev–Trinajstić information content (AvgIpc) is 1.85. The van der Waals surface area contributed by atoms with Gasteiger partial charge in [-0.15, -0.1) is 0 Å². The van der Waals surface area contributed by atoms with E-state index >= 15 is 0 Å². The molecule has 0 bridgehead atoms. The Kier molecular flexibility index (Phi) is 4.20. The maximum atomic E-state index is 10.7. The van der Waals surface area contributed by atoms with Crippen molar-refractivity contribution in [2.75, 3.05) is 0 Å². The molecule has 0 spiro atoms. The van der Waals surface area contributed by atoms with Crippen molar-refractivity contribution < 1.29 is 9.59 Å². The zero-order valence-electron chi connectivity index (χ0n) is 5.96. The first-order valence-corrected chi connectivity index (χ1v) is 3.10. The first-order chi connectivity index (χ1) is 4.66. The maximum absolute atomic E-state index is 10.7. The summed E-state index contributed by atoms with van der Waals surface area (Å²) in [4.78, 5) is 20.8. The van der Waals surface area contributed by atoms with Gasteiger partial charge in [-0.05, 0) is 13.0 Å². The Bertz CT molecular complexity index is 161. The van der Waals surface area contributed by atoms with E-state index in [0.29, 0.717) is 0 Å². The standard InChI is InChI=1S/C7H11NO2/c1-2-3-6(9)4-5-7(8)10/h2-3H,4-5H2,1H3,(H2,8,10)/b3-2+. The lowest BCUT2D eigenvalue weighted by Crippen LogP contribution is -2.11. The fourth-order valence-electron chi connectivity index (χ4n) is 0.516. The molecule has 0 saturated carbocycles. The van der Waals surface area contributed by atoms with Crippen LogP contribution in [0.4, 0.5) is 0 Å². The Morgan fingerprint density at radius 1 is 1.40 bits per heavy atom. The molecule has 0 aliphatic carbocycles. The number of amides is 1. The number of hydrogen-bond donors (Lipinski definition) is 1. The summed E-state index contributed by atoms with van der Waals surface area (Å²) in [5.41, 5.74) is 4.82. The van der Waals surface area contributed by atoms with Crippen LogP contribution >= 0.6 is 0 Å². The molecule has 0 aliphatic heterocycles. The van der Waals surface area contributed by atoms with Crippen LogP contribution in [0.2, 0.25) is 0 Å². The highest BCUT2D eigenvalue weighted by atomic mass is 16.1. The lowest BCUT2D eigenvalue weighted by Gasteiger charge is -1.89. The normalized spacial score (nSPS) is 10.1. The number of hydrogen-bond acceptors (Lipinski definition) is 2. The third-order valence-electron chi connectivity index (χ3n) is 0.970. The Morgan fingerprint density at radius 3 is 2.40 bits per heavy atom. The first kappa shape index (κ1) is 8.88. The fourth-order valence-corrected chi connectivity index (χ4v) is 0.516. The number of ketones is 1. The molecule has 10 heavy (non-hydrogen) atoms. The van der Waals surface area contributed by atoms with Gasteiger partial charge in [0.05, 0.1) is 0 Å². The molecule has 3 nitrogen and oxygen atoms in total. The van der Waals surface area contributed by atoms with Crippen LogP contribution in [0.15, 0.2) is 12.2 Å². The molecule has 0 unspecified atom stereocenters. The van der Waals surface area contributed by atoms with Gasteiger partial charge in [-0.3, -0.25) is 9.59 Å². The predicted molar refractivity (Wildman–Crippen MR) is 38.2 cm³/mol. The molecular formula is C7H11NO2. The van der Waals surface area contributed by atoms with E-state index in [1.165, 1.54) is 6.08 Å². The summed E-state index contributed by atoms with van der Waals surface area (Å²) in [6.45, 7) is 1.75. The summed E-state index contributed by atoms with van der Waals surface area (Å²) in [5, 5.41) is 0. The van der Waals surface area contributed by atoms with Gasteiger partial charge >= 0.3 is 0 Å². The van der Waals surface area contributed by atoms with Gasteiger partial charge in [-0.25, -0.2) is 0 Å². The second kappa shape index (κ2) is 4.73. The van der Waals surface area contributed by atoms with Gasteiger partial charge in [0, 0.05) is 12.8 Å². The number of nitrogens with two attached hydrogens (primary N) is 1. The minimum atomic E-state index is -0.433. The van der Waals surface area contributed by atoms with Gasteiger partial charge in [0.25, 0.3) is 0 Å². The highest BCUT2D eigenvalue weighted by Gasteiger charge is 1.98. The van der Waals surface area contributed by atoms with Crippen LogP contribution in [-0.2, 0) is 9.59 Å². The smallest absolute Gasteiger partial charge is 0.217 e. The van der Waals surface area contributed by atoms with E-state index in [0.717, 1.165) is 0 Å². The molecular weight excluding hydrogens is 130 g/mol. The first-order valence-electron chi connectivity index (χ1n) is 3.10. The second-order valence-electron chi connectivity index (χ2n) is 1.93. The number of rotatable bonds is 4. The Labute approximate surface area is 59.9 Å². The molecule has 0 atom stereocenters. The van der Waals surface area contributed by atoms with E-state index in [9.17, 15) is 9.59 Å². The SMILES string of the molecule is C/C=C/C(=O)CCC(N)=O. The molecule has 0 radical (unpaired) electrons. The Hall–Kier alpha value is -1.12. The van der Waals surface area contributed by atoms with Crippen molar-refractivity contribution in [1.29, 1.82) is 0 Å². The van der Waals surface area contributed by atoms with Crippen LogP contribution in [-0.4, -0.2) is 11.7 Å². The third-order valence-corrected chi connectivity index (χ3v) is 0.970. The Morgan fingerprint density at radius 2 is 2.00 bits per heavy atom. The molecule has 0 heterocycles. The van der Waals surface area contributed by atoms with Crippen LogP contribution in [0.3, 0.4) is 0 Å². The van der Waals surface area contributed by atoms with E-state index in [1.807, 2.05) is 0 Å².